The van der Waals surface area contributed by atoms with Gasteiger partial charge < -0.3 is 9.67 Å². The maximum absolute atomic E-state index is 13.7. The van der Waals surface area contributed by atoms with Gasteiger partial charge in [0.25, 0.3) is 0 Å². The molecule has 0 fully saturated rings. The number of aryl methyl sites for hydroxylation is 1. The molecule has 30 heavy (non-hydrogen) atoms. The highest BCUT2D eigenvalue weighted by atomic mass is 19.4. The zero-order valence-electron chi connectivity index (χ0n) is 17.5. The fraction of sp³-hybridized carbons (Fsp3) is 0.619. The number of aromatic nitrogens is 2. The van der Waals surface area contributed by atoms with Crippen molar-refractivity contribution in [2.75, 3.05) is 0 Å². The molecule has 0 aliphatic rings. The van der Waals surface area contributed by atoms with Gasteiger partial charge in [-0.3, -0.25) is 4.79 Å². The van der Waals surface area contributed by atoms with Crippen LogP contribution in [0.25, 0.3) is 11.0 Å². The van der Waals surface area contributed by atoms with E-state index in [1.807, 2.05) is 25.3 Å². The fourth-order valence-electron chi connectivity index (χ4n) is 3.65. The number of carbonyl (C=O) groups is 1. The van der Waals surface area contributed by atoms with Crippen molar-refractivity contribution in [1.29, 1.82) is 0 Å². The van der Waals surface area contributed by atoms with Crippen molar-refractivity contribution in [3.63, 3.8) is 0 Å². The van der Waals surface area contributed by atoms with Gasteiger partial charge in [0.15, 0.2) is 11.6 Å². The molecule has 2 rings (SSSR count). The Balaban J connectivity index is 2.02. The minimum atomic E-state index is -4.55. The Hall–Kier alpha value is -2.03. The summed E-state index contributed by atoms with van der Waals surface area (Å²) in [6.07, 6.45) is -5.17. The van der Waals surface area contributed by atoms with E-state index in [0.29, 0.717) is 36.1 Å². The van der Waals surface area contributed by atoms with E-state index in [1.165, 1.54) is 0 Å². The molecule has 0 aliphatic carbocycles. The first-order valence-electron chi connectivity index (χ1n) is 9.77. The van der Waals surface area contributed by atoms with E-state index in [4.69, 9.17) is 0 Å². The van der Waals surface area contributed by atoms with Crippen LogP contribution < -0.4 is 0 Å². The molecular weight excluding hydrogens is 407 g/mol. The lowest BCUT2D eigenvalue weighted by molar-refractivity contribution is -0.174. The van der Waals surface area contributed by atoms with E-state index < -0.39 is 47.6 Å². The van der Waals surface area contributed by atoms with Crippen LogP contribution in [0.4, 0.5) is 22.0 Å². The van der Waals surface area contributed by atoms with E-state index in [9.17, 15) is 31.9 Å². The molecule has 1 aromatic heterocycles. The Morgan fingerprint density at radius 1 is 1.07 bits per heavy atom. The van der Waals surface area contributed by atoms with Crippen molar-refractivity contribution in [3.05, 3.63) is 29.6 Å². The monoisotopic (exact) mass is 434 g/mol. The molecular formula is C21H27F5N2O2. The lowest BCUT2D eigenvalue weighted by atomic mass is 9.93. The Morgan fingerprint density at radius 3 is 2.23 bits per heavy atom. The van der Waals surface area contributed by atoms with E-state index in [2.05, 4.69) is 4.98 Å². The van der Waals surface area contributed by atoms with Crippen LogP contribution in [0.5, 0.6) is 0 Å². The highest BCUT2D eigenvalue weighted by Crippen LogP contribution is 2.30. The number of benzene rings is 1. The van der Waals surface area contributed by atoms with Gasteiger partial charge in [0.2, 0.25) is 0 Å². The third-order valence-corrected chi connectivity index (χ3v) is 4.70. The number of ketones is 1. The number of nitrogens with zero attached hydrogens (tertiary/aromatic N) is 2. The number of hydrogen-bond acceptors (Lipinski definition) is 3. The van der Waals surface area contributed by atoms with Gasteiger partial charge in [-0.05, 0) is 40.5 Å². The van der Waals surface area contributed by atoms with Crippen LogP contribution in [-0.4, -0.2) is 32.2 Å². The Labute approximate surface area is 172 Å². The second kappa shape index (κ2) is 8.61. The smallest absolute Gasteiger partial charge is 0.389 e. The van der Waals surface area contributed by atoms with E-state index >= 15 is 0 Å². The van der Waals surface area contributed by atoms with Gasteiger partial charge in [0.05, 0.1) is 23.1 Å². The SMILES string of the molecule is CC(O)(CC(=O)CCCCc1nc2cc(F)c(F)cc2n1C(C)(C)C)CC(F)(F)F. The second-order valence-electron chi connectivity index (χ2n) is 9.00. The highest BCUT2D eigenvalue weighted by molar-refractivity contribution is 5.79. The van der Waals surface area contributed by atoms with Gasteiger partial charge in [0.1, 0.15) is 11.6 Å². The van der Waals surface area contributed by atoms with E-state index in [0.717, 1.165) is 19.1 Å². The maximum Gasteiger partial charge on any atom is 0.391 e. The molecule has 9 heteroatoms. The fourth-order valence-corrected chi connectivity index (χ4v) is 3.65. The molecule has 0 bridgehead atoms. The highest BCUT2D eigenvalue weighted by Gasteiger charge is 2.39. The third kappa shape index (κ3) is 6.48. The molecule has 0 amide bonds. The van der Waals surface area contributed by atoms with Gasteiger partial charge in [-0.15, -0.1) is 0 Å². The summed E-state index contributed by atoms with van der Waals surface area (Å²) in [4.78, 5) is 16.4. The normalized spacial score (nSPS) is 14.9. The van der Waals surface area contributed by atoms with E-state index in [-0.39, 0.29) is 6.42 Å². The van der Waals surface area contributed by atoms with Gasteiger partial charge >= 0.3 is 6.18 Å². The summed E-state index contributed by atoms with van der Waals surface area (Å²) in [6, 6.07) is 2.15. The molecule has 0 radical (unpaired) electrons. The first-order valence-corrected chi connectivity index (χ1v) is 9.77. The number of Topliss-reactive ketones (excluding diaryl/α,β-unsaturated/α-hetero) is 1. The van der Waals surface area contributed by atoms with Gasteiger partial charge in [-0.25, -0.2) is 13.8 Å². The van der Waals surface area contributed by atoms with Gasteiger partial charge in [0, 0.05) is 36.9 Å². The number of halogens is 5. The number of carbonyl (C=O) groups excluding carboxylic acids is 1. The van der Waals surface area contributed by atoms with Crippen LogP contribution in [0.2, 0.25) is 0 Å². The van der Waals surface area contributed by atoms with Crippen molar-refractivity contribution < 1.29 is 31.9 Å². The summed E-state index contributed by atoms with van der Waals surface area (Å²) >= 11 is 0. The number of hydrogen-bond donors (Lipinski definition) is 1. The number of unbranched alkanes of at least 4 members (excludes halogenated alkanes) is 1. The van der Waals surface area contributed by atoms with Gasteiger partial charge in [-0.2, -0.15) is 13.2 Å². The molecule has 0 aliphatic heterocycles. The number of imidazole rings is 1. The zero-order valence-corrected chi connectivity index (χ0v) is 17.5. The summed E-state index contributed by atoms with van der Waals surface area (Å²) in [5, 5.41) is 9.79. The summed E-state index contributed by atoms with van der Waals surface area (Å²) in [5.74, 6) is -1.78. The van der Waals surface area contributed by atoms with Crippen LogP contribution in [0, 0.1) is 11.6 Å². The second-order valence-corrected chi connectivity index (χ2v) is 9.00. The van der Waals surface area contributed by atoms with Crippen LogP contribution in [0.3, 0.4) is 0 Å². The molecule has 1 aromatic carbocycles. The summed E-state index contributed by atoms with van der Waals surface area (Å²) in [5.41, 5.74) is -1.77. The zero-order chi connectivity index (χ0) is 22.9. The molecule has 1 heterocycles. The minimum absolute atomic E-state index is 0.0347. The van der Waals surface area contributed by atoms with E-state index in [1.54, 1.807) is 0 Å². The van der Waals surface area contributed by atoms with Crippen LogP contribution in [-0.2, 0) is 16.8 Å². The molecule has 0 saturated heterocycles. The first kappa shape index (κ1) is 24.2. The number of rotatable bonds is 8. The van der Waals surface area contributed by atoms with Gasteiger partial charge in [-0.1, -0.05) is 0 Å². The molecule has 2 aromatic rings. The number of aliphatic hydroxyl groups is 1. The summed E-state index contributed by atoms with van der Waals surface area (Å²) in [7, 11) is 0. The molecule has 4 nitrogen and oxygen atoms in total. The standard InChI is InChI=1S/C21H27F5N2O2/c1-19(2,3)28-17-10-15(23)14(22)9-16(17)27-18(28)8-6-5-7-13(29)11-20(4,30)12-21(24,25)26/h9-10,30H,5-8,11-12H2,1-4H3. The average Bonchev–Trinajstić information content (AvgIpc) is 2.86. The van der Waals surface area contributed by atoms with Crippen molar-refractivity contribution in [2.45, 2.75) is 83.5 Å². The van der Waals surface area contributed by atoms with Crippen LogP contribution >= 0.6 is 0 Å². The minimum Gasteiger partial charge on any atom is -0.389 e. The molecule has 168 valence electrons. The lowest BCUT2D eigenvalue weighted by Gasteiger charge is -2.25. The Kier molecular flexibility index (Phi) is 6.96. The van der Waals surface area contributed by atoms with Crippen molar-refractivity contribution in [3.8, 4) is 0 Å². The Bertz CT molecular complexity index is 911. The first-order chi connectivity index (χ1) is 13.6. The van der Waals surface area contributed by atoms with Crippen molar-refractivity contribution in [1.82, 2.24) is 9.55 Å². The third-order valence-electron chi connectivity index (χ3n) is 4.70. The summed E-state index contributed by atoms with van der Waals surface area (Å²) < 4.78 is 66.4. The topological polar surface area (TPSA) is 55.1 Å². The molecule has 0 spiro atoms. The maximum atomic E-state index is 13.7. The largest absolute Gasteiger partial charge is 0.391 e. The summed E-state index contributed by atoms with van der Waals surface area (Å²) in [6.45, 7) is 6.73. The quantitative estimate of drug-likeness (QED) is 0.444. The molecule has 1 N–H and O–H groups in total. The van der Waals surface area contributed by atoms with Crippen molar-refractivity contribution in [2.24, 2.45) is 0 Å². The molecule has 1 unspecified atom stereocenters. The van der Waals surface area contributed by atoms with Crippen LogP contribution in [0.15, 0.2) is 12.1 Å². The lowest BCUT2D eigenvalue weighted by Crippen LogP contribution is -2.33. The number of fused-ring (bicyclic) bond motifs is 1. The predicted octanol–water partition coefficient (Wildman–Crippen LogP) is 5.44. The number of alkyl halides is 3. The van der Waals surface area contributed by atoms with Crippen LogP contribution in [0.1, 0.15) is 65.6 Å². The molecule has 0 saturated carbocycles. The molecule has 1 atom stereocenters. The average molecular weight is 434 g/mol. The predicted molar refractivity (Wildman–Crippen MR) is 103 cm³/mol. The Morgan fingerprint density at radius 2 is 1.67 bits per heavy atom. The van der Waals surface area contributed by atoms with Crippen molar-refractivity contribution >= 4 is 16.8 Å².